The number of aryl methyl sites for hydroxylation is 1. The zero-order chi connectivity index (χ0) is 27.4. The SMILES string of the molecule is COc1ccc(N(CC(=O)N[C@H](C)c2ccc(S(C)(=O)=O)cc2)S(=O)(=O)c2ccc(C)cc2)cc1OC. The second-order valence-corrected chi connectivity index (χ2v) is 12.4. The van der Waals surface area contributed by atoms with E-state index in [9.17, 15) is 21.6 Å². The molecular weight excluding hydrogens is 516 g/mol. The fourth-order valence-corrected chi connectivity index (χ4v) is 5.68. The number of benzene rings is 3. The van der Waals surface area contributed by atoms with Gasteiger partial charge in [0.15, 0.2) is 21.3 Å². The van der Waals surface area contributed by atoms with Crippen molar-refractivity contribution in [1.82, 2.24) is 5.32 Å². The Labute approximate surface area is 218 Å². The molecule has 0 aliphatic heterocycles. The maximum Gasteiger partial charge on any atom is 0.264 e. The summed E-state index contributed by atoms with van der Waals surface area (Å²) in [5.41, 5.74) is 1.78. The maximum absolute atomic E-state index is 13.6. The molecule has 0 bridgehead atoms. The summed E-state index contributed by atoms with van der Waals surface area (Å²) >= 11 is 0. The van der Waals surface area contributed by atoms with E-state index in [1.165, 1.54) is 50.6 Å². The van der Waals surface area contributed by atoms with Gasteiger partial charge in [-0.05, 0) is 55.8 Å². The van der Waals surface area contributed by atoms with Crippen LogP contribution in [0.5, 0.6) is 11.5 Å². The summed E-state index contributed by atoms with van der Waals surface area (Å²) in [6.07, 6.45) is 1.12. The number of amides is 1. The van der Waals surface area contributed by atoms with Crippen molar-refractivity contribution in [1.29, 1.82) is 0 Å². The van der Waals surface area contributed by atoms with Crippen LogP contribution in [0.25, 0.3) is 0 Å². The molecule has 0 aliphatic rings. The summed E-state index contributed by atoms with van der Waals surface area (Å²) in [5, 5.41) is 2.79. The van der Waals surface area contributed by atoms with Gasteiger partial charge in [-0.1, -0.05) is 29.8 Å². The fraction of sp³-hybridized carbons (Fsp3) is 0.269. The number of sulfonamides is 1. The van der Waals surface area contributed by atoms with Gasteiger partial charge in [-0.25, -0.2) is 16.8 Å². The first kappa shape index (κ1) is 28.0. The Balaban J connectivity index is 1.92. The van der Waals surface area contributed by atoms with Crippen LogP contribution in [-0.4, -0.2) is 49.8 Å². The summed E-state index contributed by atoms with van der Waals surface area (Å²) in [5.74, 6) is 0.170. The van der Waals surface area contributed by atoms with Crippen molar-refractivity contribution in [3.8, 4) is 11.5 Å². The molecule has 0 aliphatic carbocycles. The highest BCUT2D eigenvalue weighted by atomic mass is 32.2. The van der Waals surface area contributed by atoms with Gasteiger partial charge in [-0.2, -0.15) is 0 Å². The largest absolute Gasteiger partial charge is 0.493 e. The summed E-state index contributed by atoms with van der Waals surface area (Å²) in [6.45, 7) is 3.07. The highest BCUT2D eigenvalue weighted by Crippen LogP contribution is 2.34. The average Bonchev–Trinajstić information content (AvgIpc) is 2.86. The lowest BCUT2D eigenvalue weighted by molar-refractivity contribution is -0.120. The molecule has 0 heterocycles. The van der Waals surface area contributed by atoms with Gasteiger partial charge < -0.3 is 14.8 Å². The molecule has 198 valence electrons. The number of sulfone groups is 1. The molecular formula is C26H30N2O7S2. The first-order chi connectivity index (χ1) is 17.4. The van der Waals surface area contributed by atoms with Gasteiger partial charge >= 0.3 is 0 Å². The van der Waals surface area contributed by atoms with Crippen LogP contribution < -0.4 is 19.1 Å². The predicted octanol–water partition coefficient (Wildman–Crippen LogP) is 3.49. The number of nitrogens with zero attached hydrogens (tertiary/aromatic N) is 1. The van der Waals surface area contributed by atoms with Crippen molar-refractivity contribution in [2.24, 2.45) is 0 Å². The molecule has 11 heteroatoms. The Hall–Kier alpha value is -3.57. The Morgan fingerprint density at radius 3 is 1.97 bits per heavy atom. The molecule has 9 nitrogen and oxygen atoms in total. The minimum atomic E-state index is -4.12. The van der Waals surface area contributed by atoms with E-state index in [1.54, 1.807) is 37.3 Å². The van der Waals surface area contributed by atoms with E-state index < -0.39 is 38.4 Å². The third kappa shape index (κ3) is 6.60. The van der Waals surface area contributed by atoms with E-state index in [2.05, 4.69) is 5.32 Å². The Bertz CT molecular complexity index is 1470. The molecule has 3 rings (SSSR count). The Morgan fingerprint density at radius 1 is 0.865 bits per heavy atom. The number of ether oxygens (including phenoxy) is 2. The van der Waals surface area contributed by atoms with Gasteiger partial charge in [-0.15, -0.1) is 0 Å². The van der Waals surface area contributed by atoms with E-state index in [-0.39, 0.29) is 15.5 Å². The van der Waals surface area contributed by atoms with Crippen molar-refractivity contribution in [3.63, 3.8) is 0 Å². The second-order valence-electron chi connectivity index (χ2n) is 8.49. The van der Waals surface area contributed by atoms with Gasteiger partial charge in [-0.3, -0.25) is 9.10 Å². The number of hydrogen-bond donors (Lipinski definition) is 1. The standard InChI is InChI=1S/C26H30N2O7S2/c1-18-6-11-23(12-7-18)37(32,33)28(21-10-15-24(34-3)25(16-21)35-4)17-26(29)27-19(2)20-8-13-22(14-9-20)36(5,30)31/h6-16,19H,17H2,1-5H3,(H,27,29)/t19-/m1/s1. The van der Waals surface area contributed by atoms with Crippen molar-refractivity contribution in [2.75, 3.05) is 31.3 Å². The molecule has 0 saturated heterocycles. The van der Waals surface area contributed by atoms with E-state index in [1.807, 2.05) is 6.92 Å². The van der Waals surface area contributed by atoms with E-state index in [0.717, 1.165) is 16.1 Å². The third-order valence-corrected chi connectivity index (χ3v) is 8.65. The van der Waals surface area contributed by atoms with Crippen LogP contribution in [0.1, 0.15) is 24.1 Å². The van der Waals surface area contributed by atoms with Gasteiger partial charge in [0.05, 0.1) is 35.7 Å². The average molecular weight is 547 g/mol. The first-order valence-electron chi connectivity index (χ1n) is 11.3. The second kappa shape index (κ2) is 11.2. The molecule has 1 amide bonds. The van der Waals surface area contributed by atoms with Gasteiger partial charge in [0, 0.05) is 12.3 Å². The van der Waals surface area contributed by atoms with Crippen LogP contribution in [0.15, 0.2) is 76.5 Å². The molecule has 37 heavy (non-hydrogen) atoms. The maximum atomic E-state index is 13.6. The van der Waals surface area contributed by atoms with Crippen molar-refractivity contribution < 1.29 is 31.1 Å². The summed E-state index contributed by atoms with van der Waals surface area (Å²) in [7, 11) is -4.57. The number of methoxy groups -OCH3 is 2. The van der Waals surface area contributed by atoms with Crippen LogP contribution in [0.3, 0.4) is 0 Å². The van der Waals surface area contributed by atoms with Gasteiger partial charge in [0.25, 0.3) is 10.0 Å². The van der Waals surface area contributed by atoms with E-state index in [0.29, 0.717) is 17.1 Å². The number of nitrogens with one attached hydrogen (secondary N) is 1. The van der Waals surface area contributed by atoms with Crippen LogP contribution in [0.4, 0.5) is 5.69 Å². The Kier molecular flexibility index (Phi) is 8.49. The lowest BCUT2D eigenvalue weighted by atomic mass is 10.1. The first-order valence-corrected chi connectivity index (χ1v) is 14.6. The third-order valence-electron chi connectivity index (χ3n) is 5.74. The smallest absolute Gasteiger partial charge is 0.264 e. The molecule has 0 spiro atoms. The predicted molar refractivity (Wildman–Crippen MR) is 141 cm³/mol. The fourth-order valence-electron chi connectivity index (χ4n) is 3.64. The van der Waals surface area contributed by atoms with Crippen molar-refractivity contribution >= 4 is 31.5 Å². The van der Waals surface area contributed by atoms with Crippen LogP contribution in [-0.2, 0) is 24.7 Å². The number of carbonyl (C=O) groups excluding carboxylic acids is 1. The zero-order valence-electron chi connectivity index (χ0n) is 21.3. The minimum Gasteiger partial charge on any atom is -0.493 e. The number of rotatable bonds is 10. The van der Waals surface area contributed by atoms with Crippen LogP contribution >= 0.6 is 0 Å². The lowest BCUT2D eigenvalue weighted by Crippen LogP contribution is -2.41. The topological polar surface area (TPSA) is 119 Å². The highest BCUT2D eigenvalue weighted by Gasteiger charge is 2.28. The molecule has 3 aromatic rings. The number of anilines is 1. The van der Waals surface area contributed by atoms with E-state index >= 15 is 0 Å². The molecule has 0 radical (unpaired) electrons. The summed E-state index contributed by atoms with van der Waals surface area (Å²) in [6, 6.07) is 16.6. The molecule has 3 aromatic carbocycles. The van der Waals surface area contributed by atoms with Gasteiger partial charge in [0.1, 0.15) is 6.54 Å². The van der Waals surface area contributed by atoms with Crippen LogP contribution in [0.2, 0.25) is 0 Å². The zero-order valence-corrected chi connectivity index (χ0v) is 22.9. The molecule has 0 saturated carbocycles. The minimum absolute atomic E-state index is 0.0325. The normalized spacial score (nSPS) is 12.5. The van der Waals surface area contributed by atoms with Crippen LogP contribution in [0, 0.1) is 6.92 Å². The molecule has 0 fully saturated rings. The quantitative estimate of drug-likeness (QED) is 0.413. The van der Waals surface area contributed by atoms with Gasteiger partial charge in [0.2, 0.25) is 5.91 Å². The van der Waals surface area contributed by atoms with Crippen molar-refractivity contribution in [2.45, 2.75) is 29.7 Å². The Morgan fingerprint density at radius 2 is 1.43 bits per heavy atom. The monoisotopic (exact) mass is 546 g/mol. The van der Waals surface area contributed by atoms with E-state index in [4.69, 9.17) is 9.47 Å². The molecule has 0 unspecified atom stereocenters. The van der Waals surface area contributed by atoms with Crippen molar-refractivity contribution in [3.05, 3.63) is 77.9 Å². The lowest BCUT2D eigenvalue weighted by Gasteiger charge is -2.26. The molecule has 1 N–H and O–H groups in total. The number of hydrogen-bond acceptors (Lipinski definition) is 7. The summed E-state index contributed by atoms with van der Waals surface area (Å²) < 4.78 is 62.3. The summed E-state index contributed by atoms with van der Waals surface area (Å²) in [4.78, 5) is 13.3. The highest BCUT2D eigenvalue weighted by molar-refractivity contribution is 7.93. The number of carbonyl (C=O) groups is 1. The molecule has 0 aromatic heterocycles. The molecule has 1 atom stereocenters.